The number of hydrogen-bond acceptors (Lipinski definition) is 4. The molecule has 2 rings (SSSR count). The minimum Gasteiger partial charge on any atom is -0.497 e. The lowest BCUT2D eigenvalue weighted by Crippen LogP contribution is -2.26. The van der Waals surface area contributed by atoms with Gasteiger partial charge < -0.3 is 14.4 Å². The number of ether oxygens (including phenoxy) is 2. The van der Waals surface area contributed by atoms with Gasteiger partial charge in [-0.2, -0.15) is 0 Å². The van der Waals surface area contributed by atoms with Crippen molar-refractivity contribution in [3.05, 3.63) is 52.5 Å². The van der Waals surface area contributed by atoms with Gasteiger partial charge in [0.15, 0.2) is 0 Å². The minimum atomic E-state index is 0.113. The molecule has 6 heteroatoms. The quantitative estimate of drug-likeness (QED) is 0.581. The fourth-order valence-corrected chi connectivity index (χ4v) is 3.41. The molecule has 0 aliphatic heterocycles. The van der Waals surface area contributed by atoms with Crippen molar-refractivity contribution in [1.29, 1.82) is 0 Å². The van der Waals surface area contributed by atoms with Gasteiger partial charge in [-0.05, 0) is 36.4 Å². The Morgan fingerprint density at radius 1 is 1.12 bits per heavy atom. The molecule has 0 aromatic heterocycles. The molecule has 0 aliphatic carbocycles. The molecule has 0 heterocycles. The highest BCUT2D eigenvalue weighted by molar-refractivity contribution is 9.10. The highest BCUT2D eigenvalue weighted by Crippen LogP contribution is 2.26. The SMILES string of the molecule is COc1ccc(CN(C)C(=O)CCSc2ccc(Br)cc2)c(OC)c1. The van der Waals surface area contributed by atoms with Gasteiger partial charge in [0.05, 0.1) is 14.2 Å². The second kappa shape index (κ2) is 9.73. The molecule has 0 saturated carbocycles. The third-order valence-electron chi connectivity index (χ3n) is 3.73. The van der Waals surface area contributed by atoms with Gasteiger partial charge in [0.1, 0.15) is 11.5 Å². The molecule has 2 aromatic carbocycles. The maximum atomic E-state index is 12.4. The lowest BCUT2D eigenvalue weighted by molar-refractivity contribution is -0.129. The van der Waals surface area contributed by atoms with Crippen molar-refractivity contribution in [3.8, 4) is 11.5 Å². The smallest absolute Gasteiger partial charge is 0.223 e. The van der Waals surface area contributed by atoms with Gasteiger partial charge in [0.2, 0.25) is 5.91 Å². The van der Waals surface area contributed by atoms with Crippen molar-refractivity contribution < 1.29 is 14.3 Å². The van der Waals surface area contributed by atoms with Crippen molar-refractivity contribution in [3.63, 3.8) is 0 Å². The number of thioether (sulfide) groups is 1. The number of halogens is 1. The van der Waals surface area contributed by atoms with Gasteiger partial charge in [0.25, 0.3) is 0 Å². The van der Waals surface area contributed by atoms with E-state index in [2.05, 4.69) is 15.9 Å². The summed E-state index contributed by atoms with van der Waals surface area (Å²) in [7, 11) is 5.05. The van der Waals surface area contributed by atoms with E-state index >= 15 is 0 Å². The number of methoxy groups -OCH3 is 2. The predicted octanol–water partition coefficient (Wildman–Crippen LogP) is 4.61. The summed E-state index contributed by atoms with van der Waals surface area (Å²) in [4.78, 5) is 15.2. The highest BCUT2D eigenvalue weighted by Gasteiger charge is 2.13. The Balaban J connectivity index is 1.86. The molecule has 0 aliphatic rings. The number of carbonyl (C=O) groups excluding carboxylic acids is 1. The Morgan fingerprint density at radius 2 is 1.84 bits per heavy atom. The number of benzene rings is 2. The highest BCUT2D eigenvalue weighted by atomic mass is 79.9. The zero-order chi connectivity index (χ0) is 18.2. The van der Waals surface area contributed by atoms with Gasteiger partial charge >= 0.3 is 0 Å². The lowest BCUT2D eigenvalue weighted by Gasteiger charge is -2.19. The normalized spacial score (nSPS) is 10.4. The molecule has 4 nitrogen and oxygen atoms in total. The van der Waals surface area contributed by atoms with E-state index in [4.69, 9.17) is 9.47 Å². The van der Waals surface area contributed by atoms with Crippen LogP contribution in [0.3, 0.4) is 0 Å². The van der Waals surface area contributed by atoms with Gasteiger partial charge in [-0.25, -0.2) is 0 Å². The van der Waals surface area contributed by atoms with Gasteiger partial charge in [-0.3, -0.25) is 4.79 Å². The predicted molar refractivity (Wildman–Crippen MR) is 106 cm³/mol. The lowest BCUT2D eigenvalue weighted by atomic mass is 10.1. The van der Waals surface area contributed by atoms with Gasteiger partial charge in [0, 0.05) is 46.8 Å². The first kappa shape index (κ1) is 19.7. The minimum absolute atomic E-state index is 0.113. The summed E-state index contributed by atoms with van der Waals surface area (Å²) in [6.07, 6.45) is 0.496. The summed E-state index contributed by atoms with van der Waals surface area (Å²) < 4.78 is 11.6. The topological polar surface area (TPSA) is 38.8 Å². The van der Waals surface area contributed by atoms with Crippen LogP contribution in [0.5, 0.6) is 11.5 Å². The maximum Gasteiger partial charge on any atom is 0.223 e. The summed E-state index contributed by atoms with van der Waals surface area (Å²) in [6, 6.07) is 13.7. The third-order valence-corrected chi connectivity index (χ3v) is 5.27. The molecule has 25 heavy (non-hydrogen) atoms. The largest absolute Gasteiger partial charge is 0.497 e. The van der Waals surface area contributed by atoms with Crippen molar-refractivity contribution >= 4 is 33.6 Å². The van der Waals surface area contributed by atoms with E-state index in [1.165, 1.54) is 0 Å². The first-order valence-corrected chi connectivity index (χ1v) is 9.64. The van der Waals surface area contributed by atoms with Crippen LogP contribution < -0.4 is 9.47 Å². The van der Waals surface area contributed by atoms with Crippen LogP contribution in [-0.2, 0) is 11.3 Å². The zero-order valence-corrected chi connectivity index (χ0v) is 17.0. The summed E-state index contributed by atoms with van der Waals surface area (Å²) >= 11 is 5.10. The fourth-order valence-electron chi connectivity index (χ4n) is 2.30. The molecular weight excluding hydrogens is 402 g/mol. The second-order valence-corrected chi connectivity index (χ2v) is 7.56. The van der Waals surface area contributed by atoms with Crippen LogP contribution in [0.25, 0.3) is 0 Å². The second-order valence-electron chi connectivity index (χ2n) is 5.48. The van der Waals surface area contributed by atoms with Crippen molar-refractivity contribution in [2.24, 2.45) is 0 Å². The molecule has 134 valence electrons. The van der Waals surface area contributed by atoms with Gasteiger partial charge in [-0.1, -0.05) is 15.9 Å². The van der Waals surface area contributed by atoms with Crippen LogP contribution in [0.1, 0.15) is 12.0 Å². The van der Waals surface area contributed by atoms with Crippen LogP contribution in [0.15, 0.2) is 51.8 Å². The van der Waals surface area contributed by atoms with Gasteiger partial charge in [-0.15, -0.1) is 11.8 Å². The number of nitrogens with zero attached hydrogens (tertiary/aromatic N) is 1. The standard InChI is InChI=1S/C19H22BrNO3S/c1-21(13-14-4-7-16(23-2)12-18(14)24-3)19(22)10-11-25-17-8-5-15(20)6-9-17/h4-9,12H,10-11,13H2,1-3H3. The van der Waals surface area contributed by atoms with Crippen molar-refractivity contribution in [2.75, 3.05) is 27.0 Å². The van der Waals surface area contributed by atoms with Crippen molar-refractivity contribution in [2.45, 2.75) is 17.9 Å². The summed E-state index contributed by atoms with van der Waals surface area (Å²) in [6.45, 7) is 0.509. The summed E-state index contributed by atoms with van der Waals surface area (Å²) in [5, 5.41) is 0. The third kappa shape index (κ3) is 5.97. The molecule has 0 fully saturated rings. The van der Waals surface area contributed by atoms with Crippen molar-refractivity contribution in [1.82, 2.24) is 4.90 Å². The monoisotopic (exact) mass is 423 g/mol. The van der Waals surface area contributed by atoms with E-state index in [0.717, 1.165) is 32.2 Å². The Kier molecular flexibility index (Phi) is 7.65. The molecule has 1 amide bonds. The maximum absolute atomic E-state index is 12.4. The molecule has 0 bridgehead atoms. The molecule has 0 radical (unpaired) electrons. The Hall–Kier alpha value is -1.66. The number of amides is 1. The fraction of sp³-hybridized carbons (Fsp3) is 0.316. The molecule has 0 saturated heterocycles. The Labute approximate surface area is 161 Å². The first-order valence-electron chi connectivity index (χ1n) is 7.86. The average Bonchev–Trinajstić information content (AvgIpc) is 2.63. The number of hydrogen-bond donors (Lipinski definition) is 0. The molecule has 0 N–H and O–H groups in total. The zero-order valence-electron chi connectivity index (χ0n) is 14.6. The summed E-state index contributed by atoms with van der Waals surface area (Å²) in [5.41, 5.74) is 0.958. The Bertz CT molecular complexity index is 706. The number of carbonyl (C=O) groups is 1. The molecule has 2 aromatic rings. The van der Waals surface area contributed by atoms with E-state index in [9.17, 15) is 4.79 Å². The molecular formula is C19H22BrNO3S. The van der Waals surface area contributed by atoms with Crippen LogP contribution in [0, 0.1) is 0 Å². The van der Waals surface area contributed by atoms with Crippen LogP contribution in [-0.4, -0.2) is 37.8 Å². The van der Waals surface area contributed by atoms with Crippen LogP contribution in [0.4, 0.5) is 0 Å². The van der Waals surface area contributed by atoms with E-state index < -0.39 is 0 Å². The van der Waals surface area contributed by atoms with E-state index in [0.29, 0.717) is 13.0 Å². The molecule has 0 unspecified atom stereocenters. The molecule has 0 atom stereocenters. The van der Waals surface area contributed by atoms with E-state index in [-0.39, 0.29) is 5.91 Å². The van der Waals surface area contributed by atoms with Crippen LogP contribution in [0.2, 0.25) is 0 Å². The van der Waals surface area contributed by atoms with Crippen LogP contribution >= 0.6 is 27.7 Å². The van der Waals surface area contributed by atoms with E-state index in [1.807, 2.05) is 49.5 Å². The Morgan fingerprint density at radius 3 is 2.48 bits per heavy atom. The summed E-state index contributed by atoms with van der Waals surface area (Å²) in [5.74, 6) is 2.33. The molecule has 0 spiro atoms. The first-order chi connectivity index (χ1) is 12.0. The number of rotatable bonds is 8. The average molecular weight is 424 g/mol. The van der Waals surface area contributed by atoms with E-state index in [1.54, 1.807) is 30.9 Å².